The quantitative estimate of drug-likeness (QED) is 0.573. The fraction of sp³-hybridized carbons (Fsp3) is 0.310. The molecule has 1 fully saturated rings. The molecule has 0 aromatic heterocycles. The number of likely N-dealkylation sites (N-methyl/N-ethyl adjacent to an activating group) is 1. The fourth-order valence-corrected chi connectivity index (χ4v) is 4.92. The van der Waals surface area contributed by atoms with E-state index in [2.05, 4.69) is 18.5 Å². The van der Waals surface area contributed by atoms with Crippen molar-refractivity contribution in [1.82, 2.24) is 15.1 Å². The first-order valence-corrected chi connectivity index (χ1v) is 12.6. The van der Waals surface area contributed by atoms with Crippen molar-refractivity contribution in [2.45, 2.75) is 26.3 Å². The van der Waals surface area contributed by atoms with Crippen LogP contribution in [-0.4, -0.2) is 60.2 Å². The molecule has 5 rings (SSSR count). The molecule has 9 nitrogen and oxygen atoms in total. The average Bonchev–Trinajstić information content (AvgIpc) is 3.66. The number of benzene rings is 2. The van der Waals surface area contributed by atoms with Crippen molar-refractivity contribution < 1.29 is 23.9 Å². The molecule has 196 valence electrons. The molecule has 0 unspecified atom stereocenters. The maximum Gasteiger partial charge on any atom is 0.271 e. The highest BCUT2D eigenvalue weighted by Gasteiger charge is 2.34. The van der Waals surface area contributed by atoms with Crippen LogP contribution in [0.15, 0.2) is 61.0 Å². The predicted molar refractivity (Wildman–Crippen MR) is 142 cm³/mol. The first-order valence-electron chi connectivity index (χ1n) is 12.6. The highest BCUT2D eigenvalue weighted by atomic mass is 16.5. The lowest BCUT2D eigenvalue weighted by atomic mass is 9.96. The summed E-state index contributed by atoms with van der Waals surface area (Å²) in [5.41, 5.74) is 3.46. The topological polar surface area (TPSA) is 99.3 Å². The van der Waals surface area contributed by atoms with E-state index in [-0.39, 0.29) is 35.7 Å². The Morgan fingerprint density at radius 1 is 1.11 bits per heavy atom. The zero-order valence-electron chi connectivity index (χ0n) is 21.6. The lowest BCUT2D eigenvalue weighted by Crippen LogP contribution is -2.39. The molecule has 0 atom stereocenters. The van der Waals surface area contributed by atoms with Crippen LogP contribution in [0, 0.1) is 5.92 Å². The summed E-state index contributed by atoms with van der Waals surface area (Å²) in [4.78, 5) is 55.3. The Balaban J connectivity index is 1.33. The van der Waals surface area contributed by atoms with E-state index >= 15 is 0 Å². The third kappa shape index (κ3) is 4.67. The van der Waals surface area contributed by atoms with Crippen LogP contribution in [0.3, 0.4) is 0 Å². The third-order valence-electron chi connectivity index (χ3n) is 7.17. The van der Waals surface area contributed by atoms with Crippen LogP contribution in [0.5, 0.6) is 5.75 Å². The number of carbonyl (C=O) groups is 4. The molecule has 4 amide bonds. The van der Waals surface area contributed by atoms with Gasteiger partial charge >= 0.3 is 0 Å². The van der Waals surface area contributed by atoms with Crippen LogP contribution in [0.2, 0.25) is 0 Å². The standard InChI is InChI=1S/C29H30N4O5/c1-17(28(36)31(4)15-20-8-9-20)30-27(35)18(2)33-16-24-22(6-5-7-23(24)29(33)37)21-10-11-25-26(14-21)38-13-12-32(25)19(3)34/h5-7,10-11,14,20H,1-2,8-9,12-13,15-16H2,3-4H3,(H,30,35). The predicted octanol–water partition coefficient (Wildman–Crippen LogP) is 3.07. The Kier molecular flexibility index (Phi) is 6.52. The summed E-state index contributed by atoms with van der Waals surface area (Å²) in [6.07, 6.45) is 2.20. The van der Waals surface area contributed by atoms with Crippen molar-refractivity contribution >= 4 is 29.3 Å². The zero-order valence-corrected chi connectivity index (χ0v) is 21.6. The van der Waals surface area contributed by atoms with Gasteiger partial charge in [0.05, 0.1) is 24.5 Å². The van der Waals surface area contributed by atoms with Gasteiger partial charge in [0.25, 0.3) is 17.7 Å². The summed E-state index contributed by atoms with van der Waals surface area (Å²) in [5.74, 6) is -0.318. The second kappa shape index (κ2) is 9.81. The van der Waals surface area contributed by atoms with Crippen LogP contribution in [-0.2, 0) is 20.9 Å². The fourth-order valence-electron chi connectivity index (χ4n) is 4.92. The van der Waals surface area contributed by atoms with Crippen LogP contribution < -0.4 is 15.0 Å². The van der Waals surface area contributed by atoms with E-state index in [4.69, 9.17) is 4.74 Å². The number of nitrogens with one attached hydrogen (secondary N) is 1. The lowest BCUT2D eigenvalue weighted by Gasteiger charge is -2.29. The molecule has 38 heavy (non-hydrogen) atoms. The Labute approximate surface area is 221 Å². The van der Waals surface area contributed by atoms with E-state index in [9.17, 15) is 19.2 Å². The van der Waals surface area contributed by atoms with Crippen LogP contribution in [0.1, 0.15) is 35.7 Å². The van der Waals surface area contributed by atoms with Gasteiger partial charge in [0.2, 0.25) is 5.91 Å². The van der Waals surface area contributed by atoms with Crippen LogP contribution >= 0.6 is 0 Å². The van der Waals surface area contributed by atoms with E-state index < -0.39 is 5.91 Å². The van der Waals surface area contributed by atoms with Crippen LogP contribution in [0.25, 0.3) is 11.1 Å². The number of rotatable bonds is 7. The highest BCUT2D eigenvalue weighted by Crippen LogP contribution is 2.39. The Bertz CT molecular complexity index is 1390. The maximum absolute atomic E-state index is 13.3. The third-order valence-corrected chi connectivity index (χ3v) is 7.17. The molecule has 2 aromatic carbocycles. The molecule has 3 aliphatic rings. The number of ether oxygens (including phenoxy) is 1. The van der Waals surface area contributed by atoms with E-state index in [0.29, 0.717) is 42.6 Å². The molecule has 1 N–H and O–H groups in total. The van der Waals surface area contributed by atoms with Crippen molar-refractivity contribution in [2.75, 3.05) is 31.6 Å². The number of anilines is 1. The minimum atomic E-state index is -0.655. The van der Waals surface area contributed by atoms with Gasteiger partial charge in [-0.1, -0.05) is 31.4 Å². The van der Waals surface area contributed by atoms with Crippen LogP contribution in [0.4, 0.5) is 5.69 Å². The Hall–Kier alpha value is -4.40. The summed E-state index contributed by atoms with van der Waals surface area (Å²) in [6, 6.07) is 11.0. The minimum absolute atomic E-state index is 0.0557. The monoisotopic (exact) mass is 514 g/mol. The van der Waals surface area contributed by atoms with Gasteiger partial charge in [-0.05, 0) is 53.6 Å². The minimum Gasteiger partial charge on any atom is -0.490 e. The highest BCUT2D eigenvalue weighted by molar-refractivity contribution is 6.08. The summed E-state index contributed by atoms with van der Waals surface area (Å²) in [7, 11) is 1.68. The van der Waals surface area contributed by atoms with E-state index in [1.165, 1.54) is 11.8 Å². The molecular formula is C29H30N4O5. The summed E-state index contributed by atoms with van der Waals surface area (Å²) < 4.78 is 5.82. The molecule has 2 heterocycles. The largest absolute Gasteiger partial charge is 0.490 e. The Morgan fingerprint density at radius 3 is 2.55 bits per heavy atom. The number of carbonyl (C=O) groups excluding carboxylic acids is 4. The molecule has 1 saturated carbocycles. The van der Waals surface area contributed by atoms with Crippen molar-refractivity contribution in [2.24, 2.45) is 5.92 Å². The molecule has 0 saturated heterocycles. The maximum atomic E-state index is 13.3. The van der Waals surface area contributed by atoms with E-state index in [1.54, 1.807) is 29.0 Å². The number of hydrogen-bond acceptors (Lipinski definition) is 5. The lowest BCUT2D eigenvalue weighted by molar-refractivity contribution is -0.128. The number of nitrogens with zero attached hydrogens (tertiary/aromatic N) is 3. The SMILES string of the molecule is C=C(NC(=O)C(=C)N1Cc2c(cccc2-c2ccc3c(c2)OCCN3C(C)=O)C1=O)C(=O)N(C)CC1CC1. The van der Waals surface area contributed by atoms with Gasteiger partial charge in [0, 0.05) is 26.1 Å². The van der Waals surface area contributed by atoms with Crippen molar-refractivity contribution in [3.8, 4) is 16.9 Å². The molecule has 9 heteroatoms. The molecule has 1 aliphatic carbocycles. The Morgan fingerprint density at radius 2 is 1.84 bits per heavy atom. The van der Waals surface area contributed by atoms with Gasteiger partial charge in [-0.2, -0.15) is 0 Å². The summed E-state index contributed by atoms with van der Waals surface area (Å²) in [6.45, 7) is 10.7. The second-order valence-electron chi connectivity index (χ2n) is 9.93. The number of amides is 4. The van der Waals surface area contributed by atoms with Gasteiger partial charge in [-0.15, -0.1) is 0 Å². The molecule has 0 spiro atoms. The van der Waals surface area contributed by atoms with E-state index in [0.717, 1.165) is 29.5 Å². The molecule has 0 radical (unpaired) electrons. The number of fused-ring (bicyclic) bond motifs is 2. The second-order valence-corrected chi connectivity index (χ2v) is 9.93. The van der Waals surface area contributed by atoms with Crippen molar-refractivity contribution in [1.29, 1.82) is 0 Å². The summed E-state index contributed by atoms with van der Waals surface area (Å²) in [5, 5.41) is 2.51. The summed E-state index contributed by atoms with van der Waals surface area (Å²) >= 11 is 0. The van der Waals surface area contributed by atoms with E-state index in [1.807, 2.05) is 24.3 Å². The number of hydrogen-bond donors (Lipinski definition) is 1. The molecule has 0 bridgehead atoms. The smallest absolute Gasteiger partial charge is 0.271 e. The average molecular weight is 515 g/mol. The van der Waals surface area contributed by atoms with Gasteiger partial charge in [0.15, 0.2) is 0 Å². The normalized spacial score (nSPS) is 15.8. The molecule has 2 aliphatic heterocycles. The van der Waals surface area contributed by atoms with Crippen molar-refractivity contribution in [3.05, 3.63) is 72.1 Å². The molecule has 2 aromatic rings. The van der Waals surface area contributed by atoms with Crippen molar-refractivity contribution in [3.63, 3.8) is 0 Å². The van der Waals surface area contributed by atoms with Gasteiger partial charge in [-0.25, -0.2) is 0 Å². The van der Waals surface area contributed by atoms with Gasteiger partial charge in [-0.3, -0.25) is 24.1 Å². The zero-order chi connectivity index (χ0) is 27.1. The molecular weight excluding hydrogens is 484 g/mol. The van der Waals surface area contributed by atoms with Gasteiger partial charge < -0.3 is 19.9 Å². The van der Waals surface area contributed by atoms with Gasteiger partial charge in [0.1, 0.15) is 18.1 Å². The first-order chi connectivity index (χ1) is 18.2. The first kappa shape index (κ1) is 25.3.